The van der Waals surface area contributed by atoms with Gasteiger partial charge in [0.05, 0.1) is 0 Å². The summed E-state index contributed by atoms with van der Waals surface area (Å²) in [7, 11) is 0. The van der Waals surface area contributed by atoms with Crippen molar-refractivity contribution >= 4 is 29.2 Å². The third-order valence-corrected chi connectivity index (χ3v) is 4.32. The molecule has 0 aliphatic carbocycles. The van der Waals surface area contributed by atoms with Gasteiger partial charge in [0.15, 0.2) is 11.5 Å². The average Bonchev–Trinajstić information content (AvgIpc) is 2.67. The van der Waals surface area contributed by atoms with Crippen molar-refractivity contribution < 1.29 is 19.4 Å². The van der Waals surface area contributed by atoms with Crippen LogP contribution in [0.4, 0.5) is 0 Å². The molecule has 0 spiro atoms. The summed E-state index contributed by atoms with van der Waals surface area (Å²) in [6.07, 6.45) is 0. The smallest absolute Gasteiger partial charge is 0.339 e. The normalized spacial score (nSPS) is 10.4. The van der Waals surface area contributed by atoms with Crippen molar-refractivity contribution in [3.8, 4) is 11.5 Å². The number of carboxylic acid groups (broad SMARTS) is 1. The molecule has 3 aromatic rings. The molecule has 138 valence electrons. The lowest BCUT2D eigenvalue weighted by molar-refractivity contribution is 0.0690. The number of halogens is 2. The van der Waals surface area contributed by atoms with Crippen molar-refractivity contribution in [2.75, 3.05) is 0 Å². The highest BCUT2D eigenvalue weighted by atomic mass is 35.5. The first-order valence-electron chi connectivity index (χ1n) is 8.14. The summed E-state index contributed by atoms with van der Waals surface area (Å²) in [5.41, 5.74) is 1.81. The number of hydrogen-bond donors (Lipinski definition) is 1. The fraction of sp³-hybridized carbons (Fsp3) is 0.0952. The predicted molar refractivity (Wildman–Crippen MR) is 105 cm³/mol. The molecule has 0 aliphatic rings. The summed E-state index contributed by atoms with van der Waals surface area (Å²) in [6.45, 7) is 0.455. The van der Waals surface area contributed by atoms with Crippen molar-refractivity contribution in [2.45, 2.75) is 13.2 Å². The number of carboxylic acids is 1. The van der Waals surface area contributed by atoms with Crippen LogP contribution in [0.1, 0.15) is 21.5 Å². The Morgan fingerprint density at radius 3 is 1.81 bits per heavy atom. The maximum Gasteiger partial charge on any atom is 0.339 e. The van der Waals surface area contributed by atoms with Crippen LogP contribution >= 0.6 is 23.2 Å². The minimum Gasteiger partial charge on any atom is -0.485 e. The Morgan fingerprint density at radius 2 is 1.30 bits per heavy atom. The second kappa shape index (κ2) is 8.80. The van der Waals surface area contributed by atoms with E-state index in [0.717, 1.165) is 11.1 Å². The lowest BCUT2D eigenvalue weighted by Gasteiger charge is -2.15. The van der Waals surface area contributed by atoms with E-state index in [0.29, 0.717) is 15.8 Å². The molecule has 27 heavy (non-hydrogen) atoms. The molecule has 4 nitrogen and oxygen atoms in total. The molecule has 0 aromatic heterocycles. The van der Waals surface area contributed by atoms with Crippen LogP contribution in [0.2, 0.25) is 10.0 Å². The molecule has 0 atom stereocenters. The molecule has 0 bridgehead atoms. The van der Waals surface area contributed by atoms with Gasteiger partial charge >= 0.3 is 5.97 Å². The van der Waals surface area contributed by atoms with E-state index in [1.807, 2.05) is 24.3 Å². The lowest BCUT2D eigenvalue weighted by Crippen LogP contribution is -2.06. The Hall–Kier alpha value is -2.69. The van der Waals surface area contributed by atoms with E-state index >= 15 is 0 Å². The molecule has 0 heterocycles. The summed E-state index contributed by atoms with van der Waals surface area (Å²) in [5.74, 6) is -0.536. The first-order chi connectivity index (χ1) is 13.0. The molecular formula is C21H16Cl2O4. The molecule has 3 aromatic carbocycles. The van der Waals surface area contributed by atoms with Gasteiger partial charge in [-0.15, -0.1) is 0 Å². The largest absolute Gasteiger partial charge is 0.485 e. The van der Waals surface area contributed by atoms with E-state index in [2.05, 4.69) is 0 Å². The van der Waals surface area contributed by atoms with E-state index in [9.17, 15) is 9.90 Å². The number of hydrogen-bond acceptors (Lipinski definition) is 3. The van der Waals surface area contributed by atoms with E-state index < -0.39 is 5.97 Å². The van der Waals surface area contributed by atoms with Gasteiger partial charge in [-0.2, -0.15) is 0 Å². The van der Waals surface area contributed by atoms with Crippen LogP contribution in [0.25, 0.3) is 0 Å². The first kappa shape index (κ1) is 19.1. The van der Waals surface area contributed by atoms with E-state index in [1.54, 1.807) is 36.4 Å². The van der Waals surface area contributed by atoms with Crippen LogP contribution in [0.3, 0.4) is 0 Å². The second-order valence-corrected chi connectivity index (χ2v) is 6.64. The highest BCUT2D eigenvalue weighted by Gasteiger charge is 2.17. The minimum absolute atomic E-state index is 0.0394. The monoisotopic (exact) mass is 402 g/mol. The summed E-state index contributed by atoms with van der Waals surface area (Å²) in [6, 6.07) is 19.2. The molecule has 3 rings (SSSR count). The topological polar surface area (TPSA) is 55.8 Å². The standard InChI is InChI=1S/C21H16Cl2O4/c22-16-8-4-14(5-9-16)12-26-19-3-1-2-18(21(24)25)20(19)27-13-15-6-10-17(23)11-7-15/h1-11H,12-13H2,(H,24,25). The zero-order valence-corrected chi connectivity index (χ0v) is 15.7. The van der Waals surface area contributed by atoms with Gasteiger partial charge in [0.25, 0.3) is 0 Å². The van der Waals surface area contributed by atoms with Gasteiger partial charge in [0.1, 0.15) is 18.8 Å². The van der Waals surface area contributed by atoms with Gasteiger partial charge in [-0.3, -0.25) is 0 Å². The molecule has 0 aliphatic heterocycles. The van der Waals surface area contributed by atoms with Gasteiger partial charge in [0.2, 0.25) is 0 Å². The fourth-order valence-electron chi connectivity index (χ4n) is 2.42. The highest BCUT2D eigenvalue weighted by Crippen LogP contribution is 2.33. The molecule has 0 saturated heterocycles. The number of rotatable bonds is 7. The molecular weight excluding hydrogens is 387 g/mol. The van der Waals surface area contributed by atoms with E-state index in [1.165, 1.54) is 6.07 Å². The van der Waals surface area contributed by atoms with Crippen LogP contribution in [0.5, 0.6) is 11.5 Å². The fourth-order valence-corrected chi connectivity index (χ4v) is 2.68. The van der Waals surface area contributed by atoms with Crippen molar-refractivity contribution in [1.82, 2.24) is 0 Å². The van der Waals surface area contributed by atoms with Crippen LogP contribution < -0.4 is 9.47 Å². The van der Waals surface area contributed by atoms with Crippen LogP contribution in [0.15, 0.2) is 66.7 Å². The number of para-hydroxylation sites is 1. The number of ether oxygens (including phenoxy) is 2. The zero-order valence-electron chi connectivity index (χ0n) is 14.2. The van der Waals surface area contributed by atoms with Gasteiger partial charge in [0, 0.05) is 10.0 Å². The molecule has 0 amide bonds. The third kappa shape index (κ3) is 5.16. The Morgan fingerprint density at radius 1 is 0.778 bits per heavy atom. The summed E-state index contributed by atoms with van der Waals surface area (Å²) < 4.78 is 11.6. The van der Waals surface area contributed by atoms with E-state index in [4.69, 9.17) is 32.7 Å². The quantitative estimate of drug-likeness (QED) is 0.538. The van der Waals surface area contributed by atoms with Gasteiger partial charge in [-0.25, -0.2) is 4.79 Å². The number of benzene rings is 3. The molecule has 0 fully saturated rings. The Labute approximate surface area is 166 Å². The third-order valence-electron chi connectivity index (χ3n) is 3.81. The summed E-state index contributed by atoms with van der Waals surface area (Å²) in [5, 5.41) is 10.7. The maximum absolute atomic E-state index is 11.6. The number of aromatic carboxylic acids is 1. The van der Waals surface area contributed by atoms with Gasteiger partial charge in [-0.05, 0) is 47.5 Å². The van der Waals surface area contributed by atoms with Crippen LogP contribution in [-0.2, 0) is 13.2 Å². The SMILES string of the molecule is O=C(O)c1cccc(OCc2ccc(Cl)cc2)c1OCc1ccc(Cl)cc1. The van der Waals surface area contributed by atoms with Crippen LogP contribution in [-0.4, -0.2) is 11.1 Å². The zero-order chi connectivity index (χ0) is 19.2. The molecule has 0 saturated carbocycles. The molecule has 6 heteroatoms. The molecule has 0 radical (unpaired) electrons. The van der Waals surface area contributed by atoms with Crippen molar-refractivity contribution in [1.29, 1.82) is 0 Å². The minimum atomic E-state index is -1.09. The number of carbonyl (C=O) groups is 1. The molecule has 1 N–H and O–H groups in total. The van der Waals surface area contributed by atoms with Crippen molar-refractivity contribution in [3.63, 3.8) is 0 Å². The average molecular weight is 403 g/mol. The van der Waals surface area contributed by atoms with Crippen LogP contribution in [0, 0.1) is 0 Å². The van der Waals surface area contributed by atoms with Gasteiger partial charge < -0.3 is 14.6 Å². The second-order valence-electron chi connectivity index (χ2n) is 5.77. The van der Waals surface area contributed by atoms with E-state index in [-0.39, 0.29) is 24.5 Å². The van der Waals surface area contributed by atoms with Crippen molar-refractivity contribution in [2.24, 2.45) is 0 Å². The Bertz CT molecular complexity index is 922. The Balaban J connectivity index is 1.80. The molecule has 0 unspecified atom stereocenters. The predicted octanol–water partition coefficient (Wildman–Crippen LogP) is 5.85. The highest BCUT2D eigenvalue weighted by molar-refractivity contribution is 6.30. The summed E-state index contributed by atoms with van der Waals surface area (Å²) in [4.78, 5) is 11.6. The van der Waals surface area contributed by atoms with Gasteiger partial charge in [-0.1, -0.05) is 53.5 Å². The van der Waals surface area contributed by atoms with Crippen molar-refractivity contribution in [3.05, 3.63) is 93.5 Å². The first-order valence-corrected chi connectivity index (χ1v) is 8.89. The lowest BCUT2D eigenvalue weighted by atomic mass is 10.1. The Kier molecular flexibility index (Phi) is 6.22. The maximum atomic E-state index is 11.6. The summed E-state index contributed by atoms with van der Waals surface area (Å²) >= 11 is 11.8.